The number of hydrogen-bond donors (Lipinski definition) is 2. The molecule has 30 heavy (non-hydrogen) atoms. The first kappa shape index (κ1) is 20.5. The van der Waals surface area contributed by atoms with Gasteiger partial charge in [0.05, 0.1) is 12.4 Å². The van der Waals surface area contributed by atoms with Gasteiger partial charge in [-0.05, 0) is 44.6 Å². The average molecular weight is 413 g/mol. The van der Waals surface area contributed by atoms with E-state index in [1.54, 1.807) is 12.3 Å². The highest BCUT2D eigenvalue weighted by molar-refractivity contribution is 5.92. The molecule has 0 aromatic carbocycles. The molecule has 2 atom stereocenters. The maximum absolute atomic E-state index is 14.6. The SMILES string of the molecule is CC(=O)NC1CCCC(C(=O)Nc2cc(-c3cnn4c3CCCCC4)c(F)cn2)C1. The van der Waals surface area contributed by atoms with Gasteiger partial charge in [0.1, 0.15) is 11.6 Å². The fourth-order valence-electron chi connectivity index (χ4n) is 4.61. The summed E-state index contributed by atoms with van der Waals surface area (Å²) in [5.41, 5.74) is 2.24. The van der Waals surface area contributed by atoms with Crippen LogP contribution in [0.5, 0.6) is 0 Å². The van der Waals surface area contributed by atoms with Crippen molar-refractivity contribution in [2.45, 2.75) is 70.9 Å². The van der Waals surface area contributed by atoms with Crippen LogP contribution in [-0.2, 0) is 22.6 Å². The van der Waals surface area contributed by atoms with Gasteiger partial charge in [0.2, 0.25) is 11.8 Å². The van der Waals surface area contributed by atoms with Crippen LogP contribution in [0.1, 0.15) is 57.6 Å². The minimum absolute atomic E-state index is 0.0200. The molecule has 2 aliphatic rings. The number of rotatable bonds is 4. The van der Waals surface area contributed by atoms with E-state index in [0.29, 0.717) is 17.8 Å². The number of pyridine rings is 1. The van der Waals surface area contributed by atoms with Crippen molar-refractivity contribution in [3.8, 4) is 11.1 Å². The number of aryl methyl sites for hydroxylation is 1. The second kappa shape index (κ2) is 8.93. The highest BCUT2D eigenvalue weighted by atomic mass is 19.1. The van der Waals surface area contributed by atoms with Gasteiger partial charge in [0.15, 0.2) is 0 Å². The lowest BCUT2D eigenvalue weighted by atomic mass is 9.85. The third-order valence-corrected chi connectivity index (χ3v) is 6.08. The van der Waals surface area contributed by atoms with E-state index in [4.69, 9.17) is 0 Å². The number of nitrogens with zero attached hydrogens (tertiary/aromatic N) is 3. The van der Waals surface area contributed by atoms with Crippen molar-refractivity contribution in [3.05, 3.63) is 30.0 Å². The number of hydrogen-bond acceptors (Lipinski definition) is 4. The first-order valence-corrected chi connectivity index (χ1v) is 10.8. The maximum atomic E-state index is 14.6. The Hall–Kier alpha value is -2.77. The van der Waals surface area contributed by atoms with Crippen LogP contribution in [0, 0.1) is 11.7 Å². The monoisotopic (exact) mass is 413 g/mol. The molecule has 2 N–H and O–H groups in total. The van der Waals surface area contributed by atoms with Crippen molar-refractivity contribution in [1.82, 2.24) is 20.1 Å². The fourth-order valence-corrected chi connectivity index (χ4v) is 4.61. The molecule has 2 aromatic heterocycles. The summed E-state index contributed by atoms with van der Waals surface area (Å²) in [5, 5.41) is 10.2. The summed E-state index contributed by atoms with van der Waals surface area (Å²) in [6.07, 6.45) is 10.2. The number of carbonyl (C=O) groups excluding carboxylic acids is 2. The van der Waals surface area contributed by atoms with Crippen molar-refractivity contribution in [2.75, 3.05) is 5.32 Å². The number of fused-ring (bicyclic) bond motifs is 1. The third-order valence-electron chi connectivity index (χ3n) is 6.08. The Balaban J connectivity index is 1.51. The average Bonchev–Trinajstić information content (AvgIpc) is 2.96. The van der Waals surface area contributed by atoms with Crippen LogP contribution >= 0.6 is 0 Å². The van der Waals surface area contributed by atoms with Gasteiger partial charge in [0.25, 0.3) is 0 Å². The molecule has 8 heteroatoms. The van der Waals surface area contributed by atoms with Crippen molar-refractivity contribution in [2.24, 2.45) is 5.92 Å². The number of carbonyl (C=O) groups is 2. The Morgan fingerprint density at radius 2 is 2.00 bits per heavy atom. The molecule has 0 spiro atoms. The van der Waals surface area contributed by atoms with Crippen LogP contribution in [0.2, 0.25) is 0 Å². The lowest BCUT2D eigenvalue weighted by molar-refractivity contribution is -0.123. The van der Waals surface area contributed by atoms with Crippen LogP contribution < -0.4 is 10.6 Å². The molecule has 2 aromatic rings. The Morgan fingerprint density at radius 1 is 1.13 bits per heavy atom. The molecule has 7 nitrogen and oxygen atoms in total. The molecule has 1 aliphatic heterocycles. The molecule has 0 radical (unpaired) electrons. The smallest absolute Gasteiger partial charge is 0.228 e. The van der Waals surface area contributed by atoms with E-state index >= 15 is 0 Å². The highest BCUT2D eigenvalue weighted by Gasteiger charge is 2.28. The minimum Gasteiger partial charge on any atom is -0.354 e. The summed E-state index contributed by atoms with van der Waals surface area (Å²) in [4.78, 5) is 28.2. The predicted octanol–water partition coefficient (Wildman–Crippen LogP) is 3.44. The van der Waals surface area contributed by atoms with Gasteiger partial charge in [0, 0.05) is 42.2 Å². The van der Waals surface area contributed by atoms with Crippen LogP contribution in [0.4, 0.5) is 10.2 Å². The molecule has 4 rings (SSSR count). The van der Waals surface area contributed by atoms with Gasteiger partial charge >= 0.3 is 0 Å². The number of aromatic nitrogens is 3. The topological polar surface area (TPSA) is 88.9 Å². The number of amides is 2. The summed E-state index contributed by atoms with van der Waals surface area (Å²) < 4.78 is 16.6. The zero-order chi connectivity index (χ0) is 21.1. The number of anilines is 1. The van der Waals surface area contributed by atoms with E-state index < -0.39 is 5.82 Å². The molecule has 2 amide bonds. The first-order chi connectivity index (χ1) is 14.5. The molecule has 160 valence electrons. The summed E-state index contributed by atoms with van der Waals surface area (Å²) in [7, 11) is 0. The molecule has 1 saturated carbocycles. The van der Waals surface area contributed by atoms with Crippen molar-refractivity contribution >= 4 is 17.6 Å². The van der Waals surface area contributed by atoms with Crippen molar-refractivity contribution in [3.63, 3.8) is 0 Å². The van der Waals surface area contributed by atoms with Crippen LogP contribution in [0.15, 0.2) is 18.5 Å². The number of nitrogens with one attached hydrogen (secondary N) is 2. The number of halogens is 1. The molecule has 0 saturated heterocycles. The van der Waals surface area contributed by atoms with Gasteiger partial charge < -0.3 is 10.6 Å². The molecule has 1 aliphatic carbocycles. The zero-order valence-corrected chi connectivity index (χ0v) is 17.3. The van der Waals surface area contributed by atoms with Crippen molar-refractivity contribution < 1.29 is 14.0 Å². The van der Waals surface area contributed by atoms with Gasteiger partial charge in [-0.15, -0.1) is 0 Å². The molecule has 0 bridgehead atoms. The summed E-state index contributed by atoms with van der Waals surface area (Å²) >= 11 is 0. The Labute approximate surface area is 175 Å². The summed E-state index contributed by atoms with van der Waals surface area (Å²) in [5.74, 6) is -0.489. The predicted molar refractivity (Wildman–Crippen MR) is 111 cm³/mol. The van der Waals surface area contributed by atoms with E-state index in [1.807, 2.05) is 4.68 Å². The largest absolute Gasteiger partial charge is 0.354 e. The Bertz CT molecular complexity index is 942. The second-order valence-electron chi connectivity index (χ2n) is 8.34. The second-order valence-corrected chi connectivity index (χ2v) is 8.34. The molecule has 3 heterocycles. The van der Waals surface area contributed by atoms with E-state index in [9.17, 15) is 14.0 Å². The lowest BCUT2D eigenvalue weighted by Crippen LogP contribution is -2.40. The highest BCUT2D eigenvalue weighted by Crippen LogP contribution is 2.31. The molecular formula is C22H28FN5O2. The van der Waals surface area contributed by atoms with Gasteiger partial charge in [-0.25, -0.2) is 9.37 Å². The Morgan fingerprint density at radius 3 is 2.83 bits per heavy atom. The van der Waals surface area contributed by atoms with E-state index in [1.165, 1.54) is 6.92 Å². The zero-order valence-electron chi connectivity index (χ0n) is 17.3. The molecular weight excluding hydrogens is 385 g/mol. The normalized spacial score (nSPS) is 21.4. The van der Waals surface area contributed by atoms with Gasteiger partial charge in [-0.1, -0.05) is 12.8 Å². The van der Waals surface area contributed by atoms with Crippen LogP contribution in [0.3, 0.4) is 0 Å². The third kappa shape index (κ3) is 4.52. The standard InChI is InChI=1S/C22H28FN5O2/c1-14(29)26-16-7-5-6-15(10-16)22(30)27-21-11-17(19(23)13-24-21)18-12-25-28-9-4-2-3-8-20(18)28/h11-13,15-16H,2-10H2,1H3,(H,26,29)(H,24,27,30). The van der Waals surface area contributed by atoms with Crippen molar-refractivity contribution in [1.29, 1.82) is 0 Å². The maximum Gasteiger partial charge on any atom is 0.228 e. The van der Waals surface area contributed by atoms with Crippen LogP contribution in [0.25, 0.3) is 11.1 Å². The molecule has 1 fully saturated rings. The van der Waals surface area contributed by atoms with Crippen LogP contribution in [-0.4, -0.2) is 32.6 Å². The van der Waals surface area contributed by atoms with Gasteiger partial charge in [-0.2, -0.15) is 5.10 Å². The summed E-state index contributed by atoms with van der Waals surface area (Å²) in [6.45, 7) is 2.34. The van der Waals surface area contributed by atoms with E-state index in [0.717, 1.165) is 68.9 Å². The summed E-state index contributed by atoms with van der Waals surface area (Å²) in [6, 6.07) is 1.62. The Kier molecular flexibility index (Phi) is 6.11. The minimum atomic E-state index is -0.420. The first-order valence-electron chi connectivity index (χ1n) is 10.8. The lowest BCUT2D eigenvalue weighted by Gasteiger charge is -2.28. The van der Waals surface area contributed by atoms with E-state index in [-0.39, 0.29) is 23.8 Å². The quantitative estimate of drug-likeness (QED) is 0.804. The van der Waals surface area contributed by atoms with E-state index in [2.05, 4.69) is 20.7 Å². The fraction of sp³-hybridized carbons (Fsp3) is 0.545. The molecule has 2 unspecified atom stereocenters. The van der Waals surface area contributed by atoms with Gasteiger partial charge in [-0.3, -0.25) is 14.3 Å².